The number of carboxylic acid groups (broad SMARTS) is 1. The zero-order chi connectivity index (χ0) is 20.9. The first kappa shape index (κ1) is 19.6. The second kappa shape index (κ2) is 8.73. The first-order valence-corrected chi connectivity index (χ1v) is 9.87. The van der Waals surface area contributed by atoms with Crippen molar-refractivity contribution in [3.8, 4) is 0 Å². The summed E-state index contributed by atoms with van der Waals surface area (Å²) >= 11 is 0. The van der Waals surface area contributed by atoms with E-state index in [1.54, 1.807) is 6.20 Å². The van der Waals surface area contributed by atoms with E-state index >= 15 is 0 Å². The first-order chi connectivity index (χ1) is 14.6. The number of para-hydroxylation sites is 2. The molecular formula is C23H23N5O2. The SMILES string of the molecule is N=C/C(=C\NC1CCN(c2ccc(CC(=O)O)cc2)C1)c1cnc2ccccc2n1. The maximum atomic E-state index is 10.8. The molecule has 7 nitrogen and oxygen atoms in total. The monoisotopic (exact) mass is 401 g/mol. The van der Waals surface area contributed by atoms with Crippen molar-refractivity contribution in [3.63, 3.8) is 0 Å². The lowest BCUT2D eigenvalue weighted by atomic mass is 10.1. The number of allylic oxidation sites excluding steroid dienone is 1. The van der Waals surface area contributed by atoms with Gasteiger partial charge in [0.1, 0.15) is 0 Å². The summed E-state index contributed by atoms with van der Waals surface area (Å²) in [4.78, 5) is 22.1. The van der Waals surface area contributed by atoms with Crippen LogP contribution in [-0.2, 0) is 11.2 Å². The Labute approximate surface area is 174 Å². The lowest BCUT2D eigenvalue weighted by Crippen LogP contribution is -2.29. The number of carboxylic acids is 1. The molecule has 3 N–H and O–H groups in total. The van der Waals surface area contributed by atoms with Gasteiger partial charge in [-0.05, 0) is 36.2 Å². The van der Waals surface area contributed by atoms with Crippen molar-refractivity contribution in [2.75, 3.05) is 18.0 Å². The van der Waals surface area contributed by atoms with Gasteiger partial charge in [0.05, 0.1) is 29.3 Å². The number of aliphatic carboxylic acids is 1. The number of nitrogens with zero attached hydrogens (tertiary/aromatic N) is 3. The number of anilines is 1. The summed E-state index contributed by atoms with van der Waals surface area (Å²) in [7, 11) is 0. The zero-order valence-corrected chi connectivity index (χ0v) is 16.5. The number of rotatable bonds is 7. The number of carbonyl (C=O) groups is 1. The van der Waals surface area contributed by atoms with E-state index in [-0.39, 0.29) is 12.5 Å². The van der Waals surface area contributed by atoms with Crippen LogP contribution in [0.3, 0.4) is 0 Å². The van der Waals surface area contributed by atoms with E-state index in [2.05, 4.69) is 20.2 Å². The van der Waals surface area contributed by atoms with Crippen LogP contribution in [0.15, 0.2) is 60.9 Å². The van der Waals surface area contributed by atoms with Gasteiger partial charge in [0.15, 0.2) is 0 Å². The van der Waals surface area contributed by atoms with Crippen molar-refractivity contribution in [2.24, 2.45) is 0 Å². The fourth-order valence-corrected chi connectivity index (χ4v) is 3.62. The molecule has 0 amide bonds. The summed E-state index contributed by atoms with van der Waals surface area (Å²) in [5.74, 6) is -0.821. The van der Waals surface area contributed by atoms with Gasteiger partial charge < -0.3 is 20.7 Å². The minimum absolute atomic E-state index is 0.0410. The highest BCUT2D eigenvalue weighted by Crippen LogP contribution is 2.21. The molecule has 1 fully saturated rings. The van der Waals surface area contributed by atoms with Crippen molar-refractivity contribution >= 4 is 34.5 Å². The predicted octanol–water partition coefficient (Wildman–Crippen LogP) is 3.12. The summed E-state index contributed by atoms with van der Waals surface area (Å²) in [5.41, 5.74) is 4.88. The summed E-state index contributed by atoms with van der Waals surface area (Å²) in [5, 5.41) is 20.1. The van der Waals surface area contributed by atoms with Crippen LogP contribution >= 0.6 is 0 Å². The molecule has 1 unspecified atom stereocenters. The zero-order valence-electron chi connectivity index (χ0n) is 16.5. The predicted molar refractivity (Wildman–Crippen MR) is 118 cm³/mol. The van der Waals surface area contributed by atoms with Crippen LogP contribution in [0.1, 0.15) is 17.7 Å². The molecule has 30 heavy (non-hydrogen) atoms. The topological polar surface area (TPSA) is 102 Å². The van der Waals surface area contributed by atoms with Crippen LogP contribution in [0.2, 0.25) is 0 Å². The number of hydrogen-bond acceptors (Lipinski definition) is 6. The second-order valence-corrected chi connectivity index (χ2v) is 7.32. The summed E-state index contributed by atoms with van der Waals surface area (Å²) in [6.07, 6.45) is 5.84. The first-order valence-electron chi connectivity index (χ1n) is 9.87. The molecule has 2 heterocycles. The van der Waals surface area contributed by atoms with E-state index in [4.69, 9.17) is 10.5 Å². The number of nitrogens with one attached hydrogen (secondary N) is 2. The Kier molecular flexibility index (Phi) is 5.70. The summed E-state index contributed by atoms with van der Waals surface area (Å²) in [6, 6.07) is 15.6. The Morgan fingerprint density at radius 3 is 2.70 bits per heavy atom. The van der Waals surface area contributed by atoms with Crippen LogP contribution in [0, 0.1) is 5.41 Å². The van der Waals surface area contributed by atoms with E-state index in [1.807, 2.05) is 54.7 Å². The molecular weight excluding hydrogens is 378 g/mol. The molecule has 1 saturated heterocycles. The quantitative estimate of drug-likeness (QED) is 0.526. The number of fused-ring (bicyclic) bond motifs is 1. The number of benzene rings is 2. The molecule has 0 saturated carbocycles. The average Bonchev–Trinajstić information content (AvgIpc) is 3.23. The minimum Gasteiger partial charge on any atom is -0.481 e. The van der Waals surface area contributed by atoms with Gasteiger partial charge in [-0.1, -0.05) is 24.3 Å². The highest BCUT2D eigenvalue weighted by Gasteiger charge is 2.22. The number of hydrogen-bond donors (Lipinski definition) is 3. The van der Waals surface area contributed by atoms with Gasteiger partial charge in [-0.25, -0.2) is 4.98 Å². The number of aromatic nitrogens is 2. The molecule has 1 aliphatic rings. The van der Waals surface area contributed by atoms with Crippen LogP contribution < -0.4 is 10.2 Å². The van der Waals surface area contributed by atoms with E-state index < -0.39 is 5.97 Å². The maximum Gasteiger partial charge on any atom is 0.307 e. The Bertz CT molecular complexity index is 1090. The van der Waals surface area contributed by atoms with Gasteiger partial charge in [0.25, 0.3) is 0 Å². The van der Waals surface area contributed by atoms with Gasteiger partial charge in [0.2, 0.25) is 0 Å². The van der Waals surface area contributed by atoms with Crippen LogP contribution in [0.4, 0.5) is 5.69 Å². The molecule has 0 radical (unpaired) electrons. The van der Waals surface area contributed by atoms with E-state index in [0.717, 1.165) is 41.8 Å². The second-order valence-electron chi connectivity index (χ2n) is 7.32. The fraction of sp³-hybridized carbons (Fsp3) is 0.217. The van der Waals surface area contributed by atoms with E-state index in [1.165, 1.54) is 6.21 Å². The van der Waals surface area contributed by atoms with Crippen LogP contribution in [-0.4, -0.2) is 46.4 Å². The molecule has 0 spiro atoms. The molecule has 1 aliphatic heterocycles. The molecule has 1 aromatic heterocycles. The fourth-order valence-electron chi connectivity index (χ4n) is 3.62. The molecule has 152 valence electrons. The third kappa shape index (κ3) is 4.46. The molecule has 2 aromatic carbocycles. The Morgan fingerprint density at radius 2 is 1.97 bits per heavy atom. The van der Waals surface area contributed by atoms with Crippen molar-refractivity contribution in [3.05, 3.63) is 72.2 Å². The third-order valence-electron chi connectivity index (χ3n) is 5.22. The molecule has 0 aliphatic carbocycles. The van der Waals surface area contributed by atoms with Crippen molar-refractivity contribution < 1.29 is 9.90 Å². The normalized spacial score (nSPS) is 16.6. The molecule has 3 aromatic rings. The van der Waals surface area contributed by atoms with Gasteiger partial charge in [-0.3, -0.25) is 9.78 Å². The Hall–Kier alpha value is -3.74. The Morgan fingerprint density at radius 1 is 1.20 bits per heavy atom. The van der Waals surface area contributed by atoms with E-state index in [0.29, 0.717) is 11.3 Å². The smallest absolute Gasteiger partial charge is 0.307 e. The van der Waals surface area contributed by atoms with Gasteiger partial charge in [0, 0.05) is 42.8 Å². The lowest BCUT2D eigenvalue weighted by molar-refractivity contribution is -0.136. The highest BCUT2D eigenvalue weighted by atomic mass is 16.4. The molecule has 0 bridgehead atoms. The standard InChI is InChI=1S/C23H23N5O2/c24-12-17(22-14-26-20-3-1-2-4-21(20)27-22)13-25-18-9-10-28(15-18)19-7-5-16(6-8-19)11-23(29)30/h1-8,12-14,18,24-25H,9-11,15H2,(H,29,30)/b17-13+,24-12?. The summed E-state index contributed by atoms with van der Waals surface area (Å²) < 4.78 is 0. The van der Waals surface area contributed by atoms with Crippen LogP contribution in [0.5, 0.6) is 0 Å². The summed E-state index contributed by atoms with van der Waals surface area (Å²) in [6.45, 7) is 1.75. The van der Waals surface area contributed by atoms with Crippen molar-refractivity contribution in [2.45, 2.75) is 18.9 Å². The third-order valence-corrected chi connectivity index (χ3v) is 5.22. The van der Waals surface area contributed by atoms with Crippen molar-refractivity contribution in [1.82, 2.24) is 15.3 Å². The van der Waals surface area contributed by atoms with Gasteiger partial charge >= 0.3 is 5.97 Å². The average molecular weight is 401 g/mol. The van der Waals surface area contributed by atoms with Gasteiger partial charge in [-0.15, -0.1) is 0 Å². The Balaban J connectivity index is 1.40. The largest absolute Gasteiger partial charge is 0.481 e. The molecule has 7 heteroatoms. The van der Waals surface area contributed by atoms with Crippen molar-refractivity contribution in [1.29, 1.82) is 5.41 Å². The van der Waals surface area contributed by atoms with E-state index in [9.17, 15) is 4.79 Å². The highest BCUT2D eigenvalue weighted by molar-refractivity contribution is 6.07. The van der Waals surface area contributed by atoms with Crippen LogP contribution in [0.25, 0.3) is 16.6 Å². The minimum atomic E-state index is -0.821. The maximum absolute atomic E-state index is 10.8. The molecule has 1 atom stereocenters. The van der Waals surface area contributed by atoms with Gasteiger partial charge in [-0.2, -0.15) is 0 Å². The lowest BCUT2D eigenvalue weighted by Gasteiger charge is -2.19. The molecule has 4 rings (SSSR count).